The molecule has 0 heterocycles. The van der Waals surface area contributed by atoms with Crippen molar-refractivity contribution in [2.45, 2.75) is 143 Å². The van der Waals surface area contributed by atoms with E-state index in [0.717, 1.165) is 82.1 Å². The lowest BCUT2D eigenvalue weighted by atomic mass is 10.00. The number of aliphatic hydroxyl groups excluding tert-OH is 1. The summed E-state index contributed by atoms with van der Waals surface area (Å²) in [6, 6.07) is -0.850. The van der Waals surface area contributed by atoms with Gasteiger partial charge in [0.05, 0.1) is 26.4 Å². The molecule has 11 heteroatoms. The Labute approximate surface area is 262 Å². The van der Waals surface area contributed by atoms with E-state index in [1.165, 1.54) is 5.82 Å². The van der Waals surface area contributed by atoms with Crippen molar-refractivity contribution in [3.8, 4) is 0 Å². The van der Waals surface area contributed by atoms with Crippen molar-refractivity contribution in [1.29, 1.82) is 0 Å². The summed E-state index contributed by atoms with van der Waals surface area (Å²) in [5, 5.41) is 11.7. The highest BCUT2D eigenvalue weighted by molar-refractivity contribution is 7.57. The maximum atomic E-state index is 13.8. The maximum absolute atomic E-state index is 13.8. The summed E-state index contributed by atoms with van der Waals surface area (Å²) >= 11 is 0. The lowest BCUT2D eigenvalue weighted by Crippen LogP contribution is -2.56. The molecule has 4 atom stereocenters. The molecular weight excluding hydrogens is 573 g/mol. The smallest absolute Gasteiger partial charge is 0.353 e. The zero-order valence-corrected chi connectivity index (χ0v) is 29.0. The molecule has 0 radical (unpaired) electrons. The van der Waals surface area contributed by atoms with E-state index in [4.69, 9.17) is 28.1 Å². The number of hydrogen-bond acceptors (Lipinski definition) is 9. The summed E-state index contributed by atoms with van der Waals surface area (Å²) in [5.41, 5.74) is 0. The first kappa shape index (κ1) is 42.2. The molecule has 1 unspecified atom stereocenters. The number of hydroxylamine groups is 2. The van der Waals surface area contributed by atoms with Crippen LogP contribution in [0.2, 0.25) is 0 Å². The second kappa shape index (κ2) is 28.6. The monoisotopic (exact) mass is 637 g/mol. The van der Waals surface area contributed by atoms with Crippen LogP contribution in [0.15, 0.2) is 11.9 Å². The summed E-state index contributed by atoms with van der Waals surface area (Å²) in [6.07, 6.45) is 10.2. The van der Waals surface area contributed by atoms with Crippen molar-refractivity contribution in [1.82, 2.24) is 5.06 Å². The van der Waals surface area contributed by atoms with Crippen molar-refractivity contribution in [3.05, 3.63) is 11.9 Å². The van der Waals surface area contributed by atoms with Crippen LogP contribution in [0.3, 0.4) is 0 Å². The summed E-state index contributed by atoms with van der Waals surface area (Å²) in [7, 11) is -3.57. The number of unbranched alkanes of at least 4 members (excludes halogenated alkanes) is 6. The van der Waals surface area contributed by atoms with Crippen LogP contribution >= 0.6 is 7.60 Å². The second-order valence-corrected chi connectivity index (χ2v) is 12.6. The van der Waals surface area contributed by atoms with Gasteiger partial charge in [-0.15, -0.1) is 0 Å². The molecule has 0 fully saturated rings. The van der Waals surface area contributed by atoms with Gasteiger partial charge in [0.2, 0.25) is 6.41 Å². The second-order valence-electron chi connectivity index (χ2n) is 10.7. The minimum atomic E-state index is -3.57. The van der Waals surface area contributed by atoms with Crippen molar-refractivity contribution in [3.63, 3.8) is 0 Å². The first-order valence-electron chi connectivity index (χ1n) is 16.8. The van der Waals surface area contributed by atoms with Crippen LogP contribution in [0.4, 0.5) is 0 Å². The van der Waals surface area contributed by atoms with Gasteiger partial charge in [-0.3, -0.25) is 14.2 Å². The molecule has 256 valence electrons. The summed E-state index contributed by atoms with van der Waals surface area (Å²) < 4.78 is 44.6. The number of carbonyl (C=O) groups excluding carboxylic acids is 1. The molecule has 0 aromatic rings. The Morgan fingerprint density at radius 3 is 1.56 bits per heavy atom. The van der Waals surface area contributed by atoms with E-state index in [-0.39, 0.29) is 0 Å². The molecule has 0 saturated carbocycles. The molecule has 0 bridgehead atoms. The zero-order chi connectivity index (χ0) is 32.2. The minimum absolute atomic E-state index is 0.320. The van der Waals surface area contributed by atoms with Crippen molar-refractivity contribution in [2.24, 2.45) is 0 Å². The molecule has 0 saturated heterocycles. The highest BCUT2D eigenvalue weighted by Crippen LogP contribution is 2.50. The third-order valence-electron chi connectivity index (χ3n) is 6.80. The van der Waals surface area contributed by atoms with E-state index in [1.807, 2.05) is 20.8 Å². The van der Waals surface area contributed by atoms with E-state index in [9.17, 15) is 14.5 Å². The molecule has 0 aromatic carbocycles. The van der Waals surface area contributed by atoms with E-state index in [0.29, 0.717) is 46.1 Å². The van der Waals surface area contributed by atoms with Crippen molar-refractivity contribution in [2.75, 3.05) is 46.2 Å². The fourth-order valence-corrected chi connectivity index (χ4v) is 5.38. The Balaban J connectivity index is 6.64. The van der Waals surface area contributed by atoms with Gasteiger partial charge in [0.15, 0.2) is 0 Å². The molecule has 1 N–H and O–H groups in total. The van der Waals surface area contributed by atoms with Crippen LogP contribution in [0.5, 0.6) is 0 Å². The number of amides is 1. The predicted molar refractivity (Wildman–Crippen MR) is 172 cm³/mol. The number of hydrogen-bond donors (Lipinski definition) is 1. The third-order valence-corrected chi connectivity index (χ3v) is 8.43. The molecule has 0 aliphatic heterocycles. The van der Waals surface area contributed by atoms with Gasteiger partial charge in [-0.05, 0) is 44.6 Å². The van der Waals surface area contributed by atoms with Crippen LogP contribution in [0.1, 0.15) is 119 Å². The first-order valence-corrected chi connectivity index (χ1v) is 18.4. The molecule has 0 aliphatic carbocycles. The lowest BCUT2D eigenvalue weighted by molar-refractivity contribution is -0.227. The van der Waals surface area contributed by atoms with Gasteiger partial charge in [0.25, 0.3) is 0 Å². The van der Waals surface area contributed by atoms with E-state index in [2.05, 4.69) is 20.8 Å². The minimum Gasteiger partial charge on any atom is -0.394 e. The number of nitrogens with zero attached hydrogens (tertiary/aromatic N) is 1. The lowest BCUT2D eigenvalue weighted by Gasteiger charge is -2.39. The number of aliphatic hydroxyl groups is 1. The quantitative estimate of drug-likeness (QED) is 0.0348. The SMILES string of the molecule is CCCCO[C@H]([C@@H](/C=C/P(=O)(OCCCC)OCCCC)OCCCC)[C@@H](OCCCC)C(CO)N(C=O)OCCCC. The molecule has 0 rings (SSSR count). The van der Waals surface area contributed by atoms with Gasteiger partial charge in [-0.25, -0.2) is 5.06 Å². The van der Waals surface area contributed by atoms with Crippen molar-refractivity contribution < 1.29 is 42.6 Å². The van der Waals surface area contributed by atoms with Crippen LogP contribution in [-0.4, -0.2) is 87.2 Å². The maximum Gasteiger partial charge on any atom is 0.353 e. The van der Waals surface area contributed by atoms with Gasteiger partial charge < -0.3 is 28.4 Å². The highest BCUT2D eigenvalue weighted by Gasteiger charge is 2.40. The van der Waals surface area contributed by atoms with Gasteiger partial charge in [-0.1, -0.05) is 80.1 Å². The Morgan fingerprint density at radius 2 is 1.09 bits per heavy atom. The number of rotatable bonds is 32. The molecule has 10 nitrogen and oxygen atoms in total. The summed E-state index contributed by atoms with van der Waals surface area (Å²) in [5.74, 6) is 1.48. The topological polar surface area (TPSA) is 113 Å². The van der Waals surface area contributed by atoms with Crippen LogP contribution in [0.25, 0.3) is 0 Å². The van der Waals surface area contributed by atoms with Crippen LogP contribution < -0.4 is 0 Å². The Morgan fingerprint density at radius 1 is 0.651 bits per heavy atom. The first-order chi connectivity index (χ1) is 20.9. The Hall–Kier alpha value is -0.840. The molecular formula is C32H64NO9P. The standard InChI is InChI=1S/C32H64NO9P/c1-7-13-20-37-30(19-26-43(36,41-24-17-11-5)42-25-18-12-6)32(39-22-15-9-3)31(38-21-14-8-2)29(27-34)33(28-35)40-23-16-10-4/h19,26,28-32,34H,7-18,20-25,27H2,1-6H3/b26-19+/t29?,30-,31+,32-/m1/s1. The fraction of sp³-hybridized carbons (Fsp3) is 0.906. The van der Waals surface area contributed by atoms with Crippen molar-refractivity contribution >= 4 is 14.0 Å². The summed E-state index contributed by atoms with van der Waals surface area (Å²) in [4.78, 5) is 18.0. The molecule has 1 amide bonds. The van der Waals surface area contributed by atoms with Gasteiger partial charge in [-0.2, -0.15) is 0 Å². The average molecular weight is 638 g/mol. The zero-order valence-electron chi connectivity index (χ0n) is 28.1. The largest absolute Gasteiger partial charge is 0.394 e. The normalized spacial score (nSPS) is 15.0. The fourth-order valence-electron chi connectivity index (χ4n) is 3.99. The summed E-state index contributed by atoms with van der Waals surface area (Å²) in [6.45, 7) is 14.2. The van der Waals surface area contributed by atoms with E-state index < -0.39 is 38.6 Å². The third kappa shape index (κ3) is 19.3. The highest BCUT2D eigenvalue weighted by atomic mass is 31.2. The average Bonchev–Trinajstić information content (AvgIpc) is 3.00. The van der Waals surface area contributed by atoms with Crippen LogP contribution in [0, 0.1) is 0 Å². The molecule has 0 aromatic heterocycles. The Kier molecular flexibility index (Phi) is 28.1. The molecule has 0 aliphatic rings. The van der Waals surface area contributed by atoms with Gasteiger partial charge in [0.1, 0.15) is 24.4 Å². The predicted octanol–water partition coefficient (Wildman–Crippen LogP) is 7.43. The molecule has 0 spiro atoms. The molecule has 43 heavy (non-hydrogen) atoms. The van der Waals surface area contributed by atoms with Crippen LogP contribution in [-0.2, 0) is 37.5 Å². The van der Waals surface area contributed by atoms with Gasteiger partial charge in [0, 0.05) is 25.6 Å². The van der Waals surface area contributed by atoms with E-state index >= 15 is 0 Å². The number of carbonyl (C=O) groups is 1. The Bertz CT molecular complexity index is 698. The number of ether oxygens (including phenoxy) is 3. The van der Waals surface area contributed by atoms with E-state index in [1.54, 1.807) is 6.08 Å². The van der Waals surface area contributed by atoms with Gasteiger partial charge >= 0.3 is 7.60 Å².